The summed E-state index contributed by atoms with van der Waals surface area (Å²) < 4.78 is 17.1. The van der Waals surface area contributed by atoms with Gasteiger partial charge in [0.1, 0.15) is 17.8 Å². The molecule has 2 atom stereocenters. The molecule has 0 bridgehead atoms. The number of nitrogens with zero attached hydrogens (tertiary/aromatic N) is 1. The third-order valence-corrected chi connectivity index (χ3v) is 3.11. The molecule has 0 N–H and O–H groups in total. The van der Waals surface area contributed by atoms with Crippen molar-refractivity contribution in [2.45, 2.75) is 64.6 Å². The molecule has 1 aliphatic rings. The normalized spacial score (nSPS) is 23.9. The third-order valence-electron chi connectivity index (χ3n) is 3.11. The quantitative estimate of drug-likeness (QED) is 0.704. The van der Waals surface area contributed by atoms with Crippen LogP contribution in [0.15, 0.2) is 25.3 Å². The lowest BCUT2D eigenvalue weighted by molar-refractivity contribution is -0.144. The second-order valence-electron chi connectivity index (χ2n) is 6.88. The Hall–Kier alpha value is -1.33. The van der Waals surface area contributed by atoms with Crippen molar-refractivity contribution in [2.24, 2.45) is 0 Å². The average Bonchev–Trinajstić information content (AvgIpc) is 2.66. The molecule has 0 unspecified atom stereocenters. The van der Waals surface area contributed by atoms with E-state index in [0.717, 1.165) is 0 Å². The molecule has 22 heavy (non-hydrogen) atoms. The van der Waals surface area contributed by atoms with Gasteiger partial charge in [0, 0.05) is 6.54 Å². The van der Waals surface area contributed by atoms with Gasteiger partial charge < -0.3 is 19.1 Å². The van der Waals surface area contributed by atoms with Crippen LogP contribution < -0.4 is 0 Å². The Morgan fingerprint density at radius 2 is 1.95 bits per heavy atom. The van der Waals surface area contributed by atoms with Crippen LogP contribution in [0.25, 0.3) is 0 Å². The lowest BCUT2D eigenvalue weighted by Crippen LogP contribution is -2.43. The lowest BCUT2D eigenvalue weighted by Gasteiger charge is -2.29. The number of ether oxygens (including phenoxy) is 3. The van der Waals surface area contributed by atoms with Crippen molar-refractivity contribution in [1.82, 2.24) is 4.90 Å². The van der Waals surface area contributed by atoms with Gasteiger partial charge in [0.15, 0.2) is 5.79 Å². The van der Waals surface area contributed by atoms with Crippen molar-refractivity contribution in [3.63, 3.8) is 0 Å². The molecule has 1 fully saturated rings. The van der Waals surface area contributed by atoms with E-state index in [-0.39, 0.29) is 18.3 Å². The minimum atomic E-state index is -0.679. The molecule has 5 nitrogen and oxygen atoms in total. The summed E-state index contributed by atoms with van der Waals surface area (Å²) in [5.74, 6) is -0.679. The van der Waals surface area contributed by atoms with Gasteiger partial charge in [-0.3, -0.25) is 0 Å². The van der Waals surface area contributed by atoms with E-state index in [1.54, 1.807) is 17.1 Å². The van der Waals surface area contributed by atoms with Gasteiger partial charge in [0.05, 0.1) is 6.54 Å². The minimum absolute atomic E-state index is 0.247. The maximum absolute atomic E-state index is 12.4. The van der Waals surface area contributed by atoms with E-state index >= 15 is 0 Å². The van der Waals surface area contributed by atoms with E-state index < -0.39 is 11.4 Å². The molecule has 1 aliphatic heterocycles. The maximum Gasteiger partial charge on any atom is 0.410 e. The van der Waals surface area contributed by atoms with Crippen LogP contribution in [0.1, 0.15) is 41.0 Å². The summed E-state index contributed by atoms with van der Waals surface area (Å²) in [6.07, 6.45) is 3.31. The van der Waals surface area contributed by atoms with Gasteiger partial charge in [-0.1, -0.05) is 12.2 Å². The summed E-state index contributed by atoms with van der Waals surface area (Å²) in [5.41, 5.74) is -0.534. The highest BCUT2D eigenvalue weighted by Gasteiger charge is 2.41. The van der Waals surface area contributed by atoms with E-state index in [4.69, 9.17) is 14.2 Å². The summed E-state index contributed by atoms with van der Waals surface area (Å²) in [6.45, 7) is 17.7. The zero-order chi connectivity index (χ0) is 17.0. The fourth-order valence-electron chi connectivity index (χ4n) is 2.25. The number of amides is 1. The first kappa shape index (κ1) is 18.7. The van der Waals surface area contributed by atoms with Crippen molar-refractivity contribution in [2.75, 3.05) is 13.1 Å². The van der Waals surface area contributed by atoms with Gasteiger partial charge in [0.2, 0.25) is 0 Å². The minimum Gasteiger partial charge on any atom is -0.444 e. The molecular weight excluding hydrogens is 282 g/mol. The van der Waals surface area contributed by atoms with Crippen LogP contribution in [0.4, 0.5) is 4.79 Å². The fourth-order valence-corrected chi connectivity index (χ4v) is 2.25. The Bertz CT molecular complexity index is 411. The van der Waals surface area contributed by atoms with E-state index in [9.17, 15) is 4.79 Å². The second-order valence-corrected chi connectivity index (χ2v) is 6.88. The standard InChI is InChI=1S/C17H29NO4/c1-8-10-11-18(15(19)22-16(3,4)5)12-14-13(9-2)20-17(6,7)21-14/h8-9,13-14H,1-2,10-12H2,3-7H3/t13-,14+/m1/s1. The Morgan fingerprint density at radius 1 is 1.32 bits per heavy atom. The molecule has 0 aliphatic carbocycles. The van der Waals surface area contributed by atoms with E-state index in [1.807, 2.05) is 34.6 Å². The van der Waals surface area contributed by atoms with Crippen molar-refractivity contribution < 1.29 is 19.0 Å². The van der Waals surface area contributed by atoms with Crippen molar-refractivity contribution in [3.05, 3.63) is 25.3 Å². The SMILES string of the molecule is C=CCCN(C[C@@H]1OC(C)(C)O[C@@H]1C=C)C(=O)OC(C)(C)C. The van der Waals surface area contributed by atoms with Crippen LogP contribution >= 0.6 is 0 Å². The van der Waals surface area contributed by atoms with Crippen LogP contribution in [0.5, 0.6) is 0 Å². The molecule has 0 aromatic rings. The Balaban J connectivity index is 2.77. The highest BCUT2D eigenvalue weighted by atomic mass is 16.8. The summed E-state index contributed by atoms with van der Waals surface area (Å²) in [5, 5.41) is 0. The first-order valence-electron chi connectivity index (χ1n) is 7.65. The fraction of sp³-hybridized carbons (Fsp3) is 0.706. The monoisotopic (exact) mass is 311 g/mol. The molecule has 1 rings (SSSR count). The summed E-state index contributed by atoms with van der Waals surface area (Å²) in [4.78, 5) is 14.0. The molecule has 5 heteroatoms. The van der Waals surface area contributed by atoms with E-state index in [0.29, 0.717) is 19.5 Å². The Labute approximate surface area is 133 Å². The summed E-state index contributed by atoms with van der Waals surface area (Å²) >= 11 is 0. The van der Waals surface area contributed by atoms with Gasteiger partial charge >= 0.3 is 6.09 Å². The van der Waals surface area contributed by atoms with E-state index in [2.05, 4.69) is 13.2 Å². The molecule has 0 aromatic carbocycles. The van der Waals surface area contributed by atoms with Crippen LogP contribution in [0.3, 0.4) is 0 Å². The first-order valence-corrected chi connectivity index (χ1v) is 7.65. The molecule has 0 saturated carbocycles. The zero-order valence-electron chi connectivity index (χ0n) is 14.4. The van der Waals surface area contributed by atoms with Gasteiger partial charge in [-0.2, -0.15) is 0 Å². The van der Waals surface area contributed by atoms with Crippen molar-refractivity contribution >= 4 is 6.09 Å². The average molecular weight is 311 g/mol. The number of rotatable bonds is 6. The van der Waals surface area contributed by atoms with Gasteiger partial charge in [-0.25, -0.2) is 4.79 Å². The molecule has 0 spiro atoms. The van der Waals surface area contributed by atoms with Gasteiger partial charge in [-0.05, 0) is 41.0 Å². The number of carbonyl (C=O) groups excluding carboxylic acids is 1. The lowest BCUT2D eigenvalue weighted by atomic mass is 10.2. The van der Waals surface area contributed by atoms with Crippen LogP contribution in [-0.4, -0.2) is 47.7 Å². The largest absolute Gasteiger partial charge is 0.444 e. The molecule has 1 saturated heterocycles. The summed E-state index contributed by atoms with van der Waals surface area (Å²) in [7, 11) is 0. The highest BCUT2D eigenvalue weighted by molar-refractivity contribution is 5.68. The Kier molecular flexibility index (Phi) is 6.20. The zero-order valence-corrected chi connectivity index (χ0v) is 14.4. The second kappa shape index (κ2) is 7.29. The molecule has 0 radical (unpaired) electrons. The molecule has 1 amide bonds. The highest BCUT2D eigenvalue weighted by Crippen LogP contribution is 2.29. The predicted octanol–water partition coefficient (Wildman–Crippen LogP) is 3.51. The number of hydrogen-bond donors (Lipinski definition) is 0. The number of hydrogen-bond acceptors (Lipinski definition) is 4. The van der Waals surface area contributed by atoms with Gasteiger partial charge in [-0.15, -0.1) is 13.2 Å². The molecule has 0 aromatic heterocycles. The predicted molar refractivity (Wildman–Crippen MR) is 86.6 cm³/mol. The molecule has 126 valence electrons. The first-order chi connectivity index (χ1) is 10.1. The number of carbonyl (C=O) groups is 1. The van der Waals surface area contributed by atoms with Crippen molar-refractivity contribution in [1.29, 1.82) is 0 Å². The summed E-state index contributed by atoms with van der Waals surface area (Å²) in [6, 6.07) is 0. The maximum atomic E-state index is 12.4. The topological polar surface area (TPSA) is 48.0 Å². The molecule has 1 heterocycles. The Morgan fingerprint density at radius 3 is 2.45 bits per heavy atom. The van der Waals surface area contributed by atoms with Crippen molar-refractivity contribution in [3.8, 4) is 0 Å². The van der Waals surface area contributed by atoms with E-state index in [1.165, 1.54) is 0 Å². The smallest absolute Gasteiger partial charge is 0.410 e. The third kappa shape index (κ3) is 5.81. The van der Waals surface area contributed by atoms with Crippen LogP contribution in [0, 0.1) is 0 Å². The molecular formula is C17H29NO4. The van der Waals surface area contributed by atoms with Crippen LogP contribution in [0.2, 0.25) is 0 Å². The van der Waals surface area contributed by atoms with Gasteiger partial charge in [0.25, 0.3) is 0 Å². The van der Waals surface area contributed by atoms with Crippen LogP contribution in [-0.2, 0) is 14.2 Å².